The van der Waals surface area contributed by atoms with Gasteiger partial charge in [0.25, 0.3) is 0 Å². The minimum atomic E-state index is -3.64. The Morgan fingerprint density at radius 1 is 1.30 bits per heavy atom. The number of hydrogen-bond donors (Lipinski definition) is 2. The van der Waals surface area contributed by atoms with E-state index in [2.05, 4.69) is 0 Å². The van der Waals surface area contributed by atoms with Crippen molar-refractivity contribution in [3.63, 3.8) is 0 Å². The molecule has 2 rings (SSSR count). The minimum absolute atomic E-state index is 0.149. The highest BCUT2D eigenvalue weighted by atomic mass is 32.2. The number of aliphatic hydroxyl groups is 1. The van der Waals surface area contributed by atoms with E-state index in [-0.39, 0.29) is 23.2 Å². The van der Waals surface area contributed by atoms with E-state index in [1.54, 1.807) is 12.1 Å². The summed E-state index contributed by atoms with van der Waals surface area (Å²) < 4.78 is 27.0. The standard InChI is InChI=1S/C14H22N2O3S/c1-10-7-13(15)14(8-11(10)2)20(18,19)16-6-4-3-5-12(16)9-17/h7-8,12,17H,3-6,9,15H2,1-2H3. The number of anilines is 1. The average molecular weight is 298 g/mol. The summed E-state index contributed by atoms with van der Waals surface area (Å²) in [5.74, 6) is 0. The normalized spacial score (nSPS) is 21.1. The molecule has 1 heterocycles. The Bertz CT molecular complexity index is 599. The van der Waals surface area contributed by atoms with Gasteiger partial charge in [-0.3, -0.25) is 0 Å². The average Bonchev–Trinajstić information content (AvgIpc) is 2.42. The second-order valence-corrected chi connectivity index (χ2v) is 7.28. The van der Waals surface area contributed by atoms with Crippen LogP contribution in [-0.4, -0.2) is 37.0 Å². The third-order valence-electron chi connectivity index (χ3n) is 4.00. The lowest BCUT2D eigenvalue weighted by Gasteiger charge is -2.33. The summed E-state index contributed by atoms with van der Waals surface area (Å²) in [4.78, 5) is 0.154. The van der Waals surface area contributed by atoms with Gasteiger partial charge in [0.1, 0.15) is 4.90 Å². The van der Waals surface area contributed by atoms with E-state index in [0.717, 1.165) is 24.0 Å². The van der Waals surface area contributed by atoms with Crippen molar-refractivity contribution in [1.29, 1.82) is 0 Å². The molecule has 0 aliphatic carbocycles. The number of rotatable bonds is 3. The zero-order chi connectivity index (χ0) is 14.9. The summed E-state index contributed by atoms with van der Waals surface area (Å²) in [6, 6.07) is 2.98. The number of nitrogen functional groups attached to an aromatic ring is 1. The fourth-order valence-electron chi connectivity index (χ4n) is 2.63. The molecule has 3 N–H and O–H groups in total. The molecule has 0 amide bonds. The second-order valence-electron chi connectivity index (χ2n) is 5.42. The van der Waals surface area contributed by atoms with Crippen molar-refractivity contribution in [2.45, 2.75) is 44.0 Å². The Morgan fingerprint density at radius 2 is 1.95 bits per heavy atom. The Morgan fingerprint density at radius 3 is 2.60 bits per heavy atom. The van der Waals surface area contributed by atoms with Crippen LogP contribution < -0.4 is 5.73 Å². The second kappa shape index (κ2) is 5.71. The Hall–Kier alpha value is -1.11. The van der Waals surface area contributed by atoms with Crippen molar-refractivity contribution < 1.29 is 13.5 Å². The molecule has 0 spiro atoms. The predicted molar refractivity (Wildman–Crippen MR) is 78.9 cm³/mol. The SMILES string of the molecule is Cc1cc(N)c(S(=O)(=O)N2CCCCC2CO)cc1C. The van der Waals surface area contributed by atoms with Gasteiger partial charge in [0.15, 0.2) is 0 Å². The first-order valence-corrected chi connectivity index (χ1v) is 8.31. The molecule has 1 aromatic carbocycles. The molecule has 112 valence electrons. The third-order valence-corrected chi connectivity index (χ3v) is 6.00. The number of aryl methyl sites for hydroxylation is 2. The topological polar surface area (TPSA) is 83.6 Å². The van der Waals surface area contributed by atoms with Gasteiger partial charge in [-0.05, 0) is 49.9 Å². The van der Waals surface area contributed by atoms with E-state index >= 15 is 0 Å². The van der Waals surface area contributed by atoms with Crippen LogP contribution in [0.5, 0.6) is 0 Å². The molecule has 1 fully saturated rings. The van der Waals surface area contributed by atoms with Crippen molar-refractivity contribution in [1.82, 2.24) is 4.31 Å². The van der Waals surface area contributed by atoms with Gasteiger partial charge >= 0.3 is 0 Å². The van der Waals surface area contributed by atoms with E-state index < -0.39 is 10.0 Å². The smallest absolute Gasteiger partial charge is 0.245 e. The summed E-state index contributed by atoms with van der Waals surface area (Å²) in [6.45, 7) is 4.07. The molecule has 20 heavy (non-hydrogen) atoms. The maximum atomic E-state index is 12.8. The quantitative estimate of drug-likeness (QED) is 0.827. The highest BCUT2D eigenvalue weighted by molar-refractivity contribution is 7.89. The van der Waals surface area contributed by atoms with Gasteiger partial charge in [-0.15, -0.1) is 0 Å². The van der Waals surface area contributed by atoms with Crippen molar-refractivity contribution in [2.75, 3.05) is 18.9 Å². The zero-order valence-corrected chi connectivity index (χ0v) is 12.8. The van der Waals surface area contributed by atoms with Crippen LogP contribution in [0.25, 0.3) is 0 Å². The molecular weight excluding hydrogens is 276 g/mol. The van der Waals surface area contributed by atoms with E-state index in [1.165, 1.54) is 4.31 Å². The van der Waals surface area contributed by atoms with Crippen LogP contribution in [0.1, 0.15) is 30.4 Å². The van der Waals surface area contributed by atoms with E-state index in [1.807, 2.05) is 13.8 Å². The number of hydrogen-bond acceptors (Lipinski definition) is 4. The maximum absolute atomic E-state index is 12.8. The number of nitrogens with two attached hydrogens (primary N) is 1. The number of benzene rings is 1. The van der Waals surface area contributed by atoms with Crippen LogP contribution >= 0.6 is 0 Å². The molecule has 1 unspecified atom stereocenters. The van der Waals surface area contributed by atoms with Gasteiger partial charge < -0.3 is 10.8 Å². The lowest BCUT2D eigenvalue weighted by atomic mass is 10.1. The molecule has 1 saturated heterocycles. The zero-order valence-electron chi connectivity index (χ0n) is 12.0. The molecule has 5 nitrogen and oxygen atoms in total. The van der Waals surface area contributed by atoms with Crippen LogP contribution in [0, 0.1) is 13.8 Å². The third kappa shape index (κ3) is 2.68. The Labute approximate surface area is 120 Å². The summed E-state index contributed by atoms with van der Waals surface area (Å²) in [6.07, 6.45) is 2.46. The van der Waals surface area contributed by atoms with Crippen molar-refractivity contribution in [3.8, 4) is 0 Å². The van der Waals surface area contributed by atoms with Crippen LogP contribution in [-0.2, 0) is 10.0 Å². The van der Waals surface area contributed by atoms with E-state index in [9.17, 15) is 13.5 Å². The van der Waals surface area contributed by atoms with E-state index in [0.29, 0.717) is 13.0 Å². The first kappa shape index (κ1) is 15.3. The van der Waals surface area contributed by atoms with Crippen LogP contribution in [0.15, 0.2) is 17.0 Å². The van der Waals surface area contributed by atoms with Gasteiger partial charge in [0, 0.05) is 12.6 Å². The van der Waals surface area contributed by atoms with Gasteiger partial charge in [-0.1, -0.05) is 6.42 Å². The molecule has 1 aliphatic rings. The molecule has 1 aliphatic heterocycles. The summed E-state index contributed by atoms with van der Waals surface area (Å²) in [7, 11) is -3.64. The number of aliphatic hydroxyl groups excluding tert-OH is 1. The summed E-state index contributed by atoms with van der Waals surface area (Å²) >= 11 is 0. The first-order chi connectivity index (χ1) is 9.37. The number of sulfonamides is 1. The molecule has 6 heteroatoms. The molecule has 0 radical (unpaired) electrons. The van der Waals surface area contributed by atoms with Crippen LogP contribution in [0.4, 0.5) is 5.69 Å². The Kier molecular flexibility index (Phi) is 4.36. The number of nitrogens with zero attached hydrogens (tertiary/aromatic N) is 1. The van der Waals surface area contributed by atoms with Gasteiger partial charge in [0.2, 0.25) is 10.0 Å². The highest BCUT2D eigenvalue weighted by Gasteiger charge is 2.34. The molecule has 0 saturated carbocycles. The summed E-state index contributed by atoms with van der Waals surface area (Å²) in [5.41, 5.74) is 8.04. The molecular formula is C14H22N2O3S. The van der Waals surface area contributed by atoms with Crippen LogP contribution in [0.2, 0.25) is 0 Å². The molecule has 1 aromatic rings. The Balaban J connectivity index is 2.46. The molecule has 1 atom stereocenters. The van der Waals surface area contributed by atoms with Crippen molar-refractivity contribution in [3.05, 3.63) is 23.3 Å². The monoisotopic (exact) mass is 298 g/mol. The minimum Gasteiger partial charge on any atom is -0.398 e. The van der Waals surface area contributed by atoms with Crippen LogP contribution in [0.3, 0.4) is 0 Å². The lowest BCUT2D eigenvalue weighted by Crippen LogP contribution is -2.45. The fraction of sp³-hybridized carbons (Fsp3) is 0.571. The maximum Gasteiger partial charge on any atom is 0.245 e. The van der Waals surface area contributed by atoms with E-state index in [4.69, 9.17) is 5.73 Å². The van der Waals surface area contributed by atoms with Crippen molar-refractivity contribution in [2.24, 2.45) is 0 Å². The largest absolute Gasteiger partial charge is 0.398 e. The van der Waals surface area contributed by atoms with Gasteiger partial charge in [0.05, 0.1) is 12.3 Å². The number of piperidine rings is 1. The highest BCUT2D eigenvalue weighted by Crippen LogP contribution is 2.30. The first-order valence-electron chi connectivity index (χ1n) is 6.87. The molecule has 0 aromatic heterocycles. The van der Waals surface area contributed by atoms with Gasteiger partial charge in [-0.25, -0.2) is 8.42 Å². The lowest BCUT2D eigenvalue weighted by molar-refractivity contribution is 0.155. The van der Waals surface area contributed by atoms with Gasteiger partial charge in [-0.2, -0.15) is 4.31 Å². The summed E-state index contributed by atoms with van der Waals surface area (Å²) in [5, 5.41) is 9.40. The molecule has 0 bridgehead atoms. The predicted octanol–water partition coefficient (Wildman–Crippen LogP) is 1.42. The van der Waals surface area contributed by atoms with Crippen molar-refractivity contribution >= 4 is 15.7 Å². The fourth-order valence-corrected chi connectivity index (χ4v) is 4.50.